The number of para-hydroxylation sites is 1. The van der Waals surface area contributed by atoms with Gasteiger partial charge in [-0.15, -0.1) is 0 Å². The molecule has 1 aliphatic rings. The molecule has 1 aromatic heterocycles. The molecule has 2 aromatic carbocycles. The van der Waals surface area contributed by atoms with Gasteiger partial charge in [-0.2, -0.15) is 0 Å². The van der Waals surface area contributed by atoms with E-state index in [0.29, 0.717) is 0 Å². The molecule has 0 bridgehead atoms. The second kappa shape index (κ2) is 6.84. The van der Waals surface area contributed by atoms with E-state index in [1.54, 1.807) is 7.11 Å². The van der Waals surface area contributed by atoms with Crippen molar-refractivity contribution in [3.05, 3.63) is 65.5 Å². The van der Waals surface area contributed by atoms with Gasteiger partial charge in [0.25, 0.3) is 0 Å². The number of anilines is 1. The van der Waals surface area contributed by atoms with E-state index in [-0.39, 0.29) is 0 Å². The number of ether oxygens (including phenoxy) is 1. The van der Waals surface area contributed by atoms with E-state index in [2.05, 4.69) is 34.7 Å². The summed E-state index contributed by atoms with van der Waals surface area (Å²) in [7, 11) is 3.82. The van der Waals surface area contributed by atoms with Gasteiger partial charge in [0, 0.05) is 49.9 Å². The van der Waals surface area contributed by atoms with E-state index >= 15 is 0 Å². The van der Waals surface area contributed by atoms with Crippen LogP contribution in [0, 0.1) is 0 Å². The largest absolute Gasteiger partial charge is 0.496 e. The van der Waals surface area contributed by atoms with Gasteiger partial charge < -0.3 is 15.0 Å². The summed E-state index contributed by atoms with van der Waals surface area (Å²) in [6, 6.07) is 16.2. The first-order valence-corrected chi connectivity index (χ1v) is 8.90. The van der Waals surface area contributed by atoms with Crippen LogP contribution in [0.5, 0.6) is 5.75 Å². The Bertz CT molecular complexity index is 932. The molecule has 0 amide bonds. The molecule has 0 atom stereocenters. The lowest BCUT2D eigenvalue weighted by Gasteiger charge is -2.27. The molecule has 0 saturated heterocycles. The minimum absolute atomic E-state index is 0.765. The Labute approximate surface area is 154 Å². The summed E-state index contributed by atoms with van der Waals surface area (Å²) in [5.41, 5.74) is 11.5. The van der Waals surface area contributed by atoms with Crippen LogP contribution in [-0.2, 0) is 26.6 Å². The van der Waals surface area contributed by atoms with Crippen molar-refractivity contribution in [2.45, 2.75) is 19.5 Å². The Morgan fingerprint density at radius 1 is 1.15 bits per heavy atom. The SMILES string of the molecule is COc1ccccc1CN1CCc2nc(-c3cccc(N)c3)n(C)c2C1. The third-order valence-corrected chi connectivity index (χ3v) is 5.07. The van der Waals surface area contributed by atoms with Crippen LogP contribution < -0.4 is 10.5 Å². The van der Waals surface area contributed by atoms with Gasteiger partial charge in [0.05, 0.1) is 18.5 Å². The van der Waals surface area contributed by atoms with E-state index in [9.17, 15) is 0 Å². The van der Waals surface area contributed by atoms with Crippen LogP contribution in [0.3, 0.4) is 0 Å². The molecule has 5 heteroatoms. The molecule has 5 nitrogen and oxygen atoms in total. The number of methoxy groups -OCH3 is 1. The third kappa shape index (κ3) is 3.06. The number of benzene rings is 2. The number of nitrogens with two attached hydrogens (primary N) is 1. The highest BCUT2D eigenvalue weighted by atomic mass is 16.5. The highest BCUT2D eigenvalue weighted by Gasteiger charge is 2.24. The van der Waals surface area contributed by atoms with Crippen molar-refractivity contribution < 1.29 is 4.74 Å². The first-order valence-electron chi connectivity index (χ1n) is 8.90. The van der Waals surface area contributed by atoms with Gasteiger partial charge in [-0.25, -0.2) is 4.98 Å². The fourth-order valence-corrected chi connectivity index (χ4v) is 3.69. The zero-order chi connectivity index (χ0) is 18.1. The highest BCUT2D eigenvalue weighted by Crippen LogP contribution is 2.28. The Balaban J connectivity index is 1.59. The van der Waals surface area contributed by atoms with Crippen molar-refractivity contribution in [2.75, 3.05) is 19.4 Å². The summed E-state index contributed by atoms with van der Waals surface area (Å²) in [6.07, 6.45) is 0.959. The summed E-state index contributed by atoms with van der Waals surface area (Å²) in [5.74, 6) is 1.94. The van der Waals surface area contributed by atoms with Crippen molar-refractivity contribution in [1.29, 1.82) is 0 Å². The van der Waals surface area contributed by atoms with Gasteiger partial charge in [0.2, 0.25) is 0 Å². The van der Waals surface area contributed by atoms with Gasteiger partial charge in [-0.05, 0) is 18.2 Å². The zero-order valence-corrected chi connectivity index (χ0v) is 15.3. The lowest BCUT2D eigenvalue weighted by Crippen LogP contribution is -2.31. The average molecular weight is 348 g/mol. The van der Waals surface area contributed by atoms with Crippen molar-refractivity contribution in [2.24, 2.45) is 7.05 Å². The smallest absolute Gasteiger partial charge is 0.140 e. The predicted molar refractivity (Wildman–Crippen MR) is 104 cm³/mol. The maximum atomic E-state index is 5.95. The van der Waals surface area contributed by atoms with Gasteiger partial charge in [-0.3, -0.25) is 4.90 Å². The molecule has 2 N–H and O–H groups in total. The molecule has 0 saturated carbocycles. The molecule has 2 heterocycles. The predicted octanol–water partition coefficient (Wildman–Crippen LogP) is 3.24. The second-order valence-electron chi connectivity index (χ2n) is 6.79. The lowest BCUT2D eigenvalue weighted by molar-refractivity contribution is 0.235. The van der Waals surface area contributed by atoms with Crippen LogP contribution in [0.2, 0.25) is 0 Å². The van der Waals surface area contributed by atoms with Crippen LogP contribution >= 0.6 is 0 Å². The summed E-state index contributed by atoms with van der Waals surface area (Å²) in [4.78, 5) is 7.34. The number of imidazole rings is 1. The Hall–Kier alpha value is -2.79. The van der Waals surface area contributed by atoms with Crippen LogP contribution in [0.1, 0.15) is 17.0 Å². The quantitative estimate of drug-likeness (QED) is 0.736. The summed E-state index contributed by atoms with van der Waals surface area (Å²) in [5, 5.41) is 0. The zero-order valence-electron chi connectivity index (χ0n) is 15.3. The molecule has 1 aliphatic heterocycles. The number of nitrogens with zero attached hydrogens (tertiary/aromatic N) is 3. The van der Waals surface area contributed by atoms with Gasteiger partial charge in [0.1, 0.15) is 11.6 Å². The first-order chi connectivity index (χ1) is 12.7. The molecule has 4 rings (SSSR count). The molecule has 0 aliphatic carbocycles. The number of nitrogen functional groups attached to an aromatic ring is 1. The maximum absolute atomic E-state index is 5.95. The van der Waals surface area contributed by atoms with Crippen molar-refractivity contribution >= 4 is 5.69 Å². The van der Waals surface area contributed by atoms with E-state index in [0.717, 1.165) is 48.9 Å². The number of rotatable bonds is 4. The molecular formula is C21H24N4O. The minimum Gasteiger partial charge on any atom is -0.496 e. The van der Waals surface area contributed by atoms with E-state index < -0.39 is 0 Å². The third-order valence-electron chi connectivity index (χ3n) is 5.07. The fourth-order valence-electron chi connectivity index (χ4n) is 3.69. The average Bonchev–Trinajstić information content (AvgIpc) is 2.99. The van der Waals surface area contributed by atoms with Crippen molar-refractivity contribution in [1.82, 2.24) is 14.5 Å². The first kappa shape index (κ1) is 16.7. The molecule has 0 radical (unpaired) electrons. The summed E-state index contributed by atoms with van der Waals surface area (Å²) in [6.45, 7) is 2.76. The number of aromatic nitrogens is 2. The minimum atomic E-state index is 0.765. The topological polar surface area (TPSA) is 56.3 Å². The van der Waals surface area contributed by atoms with Crippen LogP contribution in [0.15, 0.2) is 48.5 Å². The summed E-state index contributed by atoms with van der Waals surface area (Å²) >= 11 is 0. The molecule has 134 valence electrons. The van der Waals surface area contributed by atoms with Crippen LogP contribution in [0.4, 0.5) is 5.69 Å². The number of fused-ring (bicyclic) bond motifs is 1. The van der Waals surface area contributed by atoms with E-state index in [4.69, 9.17) is 15.5 Å². The normalized spacial score (nSPS) is 14.2. The Kier molecular flexibility index (Phi) is 4.39. The maximum Gasteiger partial charge on any atom is 0.140 e. The van der Waals surface area contributed by atoms with E-state index in [1.807, 2.05) is 30.3 Å². The molecule has 3 aromatic rings. The Morgan fingerprint density at radius 3 is 2.81 bits per heavy atom. The van der Waals surface area contributed by atoms with Crippen LogP contribution in [0.25, 0.3) is 11.4 Å². The molecule has 0 unspecified atom stereocenters. The monoisotopic (exact) mass is 348 g/mol. The molecule has 0 spiro atoms. The highest BCUT2D eigenvalue weighted by molar-refractivity contribution is 5.62. The number of hydrogen-bond acceptors (Lipinski definition) is 4. The number of hydrogen-bond donors (Lipinski definition) is 1. The van der Waals surface area contributed by atoms with Gasteiger partial charge in [-0.1, -0.05) is 30.3 Å². The van der Waals surface area contributed by atoms with Crippen molar-refractivity contribution in [3.8, 4) is 17.1 Å². The van der Waals surface area contributed by atoms with Crippen molar-refractivity contribution in [3.63, 3.8) is 0 Å². The molecule has 0 fully saturated rings. The lowest BCUT2D eigenvalue weighted by atomic mass is 10.1. The van der Waals surface area contributed by atoms with E-state index in [1.165, 1.54) is 17.0 Å². The fraction of sp³-hybridized carbons (Fsp3) is 0.286. The second-order valence-corrected chi connectivity index (χ2v) is 6.79. The van der Waals surface area contributed by atoms with Crippen LogP contribution in [-0.4, -0.2) is 28.1 Å². The summed E-state index contributed by atoms with van der Waals surface area (Å²) < 4.78 is 7.70. The molecule has 26 heavy (non-hydrogen) atoms. The van der Waals surface area contributed by atoms with Gasteiger partial charge >= 0.3 is 0 Å². The Morgan fingerprint density at radius 2 is 2.00 bits per heavy atom. The van der Waals surface area contributed by atoms with Gasteiger partial charge in [0.15, 0.2) is 0 Å². The standard InChI is InChI=1S/C21H24N4O/c1-24-19-14-25(13-16-6-3-4-9-20(16)26-2)11-10-18(19)23-21(24)15-7-5-8-17(22)12-15/h3-9,12H,10-11,13-14,22H2,1-2H3. The molecular weight excluding hydrogens is 324 g/mol.